The van der Waals surface area contributed by atoms with Crippen LogP contribution >= 0.6 is 7.60 Å². The van der Waals surface area contributed by atoms with Crippen LogP contribution in [0.15, 0.2) is 18.9 Å². The molecule has 2 N–H and O–H groups in total. The maximum absolute atomic E-state index is 12.7. The van der Waals surface area contributed by atoms with Gasteiger partial charge < -0.3 is 19.1 Å². The highest BCUT2D eigenvalue weighted by atomic mass is 31.2. The average Bonchev–Trinajstić information content (AvgIpc) is 2.80. The Morgan fingerprint density at radius 3 is 2.89 bits per heavy atom. The van der Waals surface area contributed by atoms with Gasteiger partial charge in [0, 0.05) is 6.20 Å². The Bertz CT molecular complexity index is 559. The van der Waals surface area contributed by atoms with Crippen LogP contribution in [0.1, 0.15) is 0 Å². The standard InChI is InChI=1S/C9H12FN4O4P/c10-1-7(18-6-19(15,16)17)2-14-3-8-9(13-5-14)12-4-11-8/h3-5,7H,1-2,6H2,(H2,15,16,17). The van der Waals surface area contributed by atoms with Crippen molar-refractivity contribution in [2.45, 2.75) is 12.6 Å². The predicted molar refractivity (Wildman–Crippen MR) is 62.2 cm³/mol. The fourth-order valence-corrected chi connectivity index (χ4v) is 1.87. The lowest BCUT2D eigenvalue weighted by Crippen LogP contribution is -2.23. The molecule has 10 heteroatoms. The Hall–Kier alpha value is -1.41. The first-order chi connectivity index (χ1) is 8.98. The topological polar surface area (TPSA) is 110 Å². The van der Waals surface area contributed by atoms with Crippen molar-refractivity contribution in [3.8, 4) is 11.5 Å². The molecular formula is C9H12FN4O4P. The third-order valence-electron chi connectivity index (χ3n) is 2.29. The molecule has 0 aromatic heterocycles. The molecule has 0 aromatic rings. The maximum atomic E-state index is 12.7. The maximum Gasteiger partial charge on any atom is 0.350 e. The first-order valence-corrected chi connectivity index (χ1v) is 7.12. The van der Waals surface area contributed by atoms with Gasteiger partial charge in [-0.1, -0.05) is 0 Å². The summed E-state index contributed by atoms with van der Waals surface area (Å²) in [6.45, 7) is -0.788. The lowest BCUT2D eigenvalue weighted by Gasteiger charge is -2.16. The Balaban J connectivity index is 2.01. The smallest absolute Gasteiger partial charge is 0.350 e. The molecule has 2 rings (SSSR count). The number of aromatic nitrogens is 4. The quantitative estimate of drug-likeness (QED) is 0.734. The number of hydrogen-bond donors (Lipinski definition) is 2. The number of fused-ring (bicyclic) bond motifs is 1. The minimum atomic E-state index is -4.30. The highest BCUT2D eigenvalue weighted by Crippen LogP contribution is 2.34. The number of imidazole rings is 1. The average molecular weight is 290 g/mol. The van der Waals surface area contributed by atoms with Crippen LogP contribution < -0.4 is 0 Å². The van der Waals surface area contributed by atoms with E-state index in [1.165, 1.54) is 17.2 Å². The summed E-state index contributed by atoms with van der Waals surface area (Å²) in [7, 11) is -4.30. The van der Waals surface area contributed by atoms with Crippen molar-refractivity contribution in [1.29, 1.82) is 0 Å². The number of rotatable bonds is 6. The summed E-state index contributed by atoms with van der Waals surface area (Å²) >= 11 is 0. The molecule has 0 aliphatic carbocycles. The zero-order chi connectivity index (χ0) is 13.9. The van der Waals surface area contributed by atoms with E-state index in [0.717, 1.165) is 0 Å². The molecule has 0 aromatic carbocycles. The van der Waals surface area contributed by atoms with Gasteiger partial charge in [0.15, 0.2) is 5.82 Å². The lowest BCUT2D eigenvalue weighted by molar-refractivity contribution is 0.0436. The van der Waals surface area contributed by atoms with Crippen molar-refractivity contribution in [2.75, 3.05) is 13.0 Å². The van der Waals surface area contributed by atoms with Gasteiger partial charge in [-0.05, 0) is 0 Å². The van der Waals surface area contributed by atoms with E-state index in [1.54, 1.807) is 6.20 Å². The van der Waals surface area contributed by atoms with Crippen molar-refractivity contribution >= 4 is 7.60 Å². The summed E-state index contributed by atoms with van der Waals surface area (Å²) in [6, 6.07) is 0. The molecule has 0 radical (unpaired) electrons. The molecule has 0 saturated heterocycles. The minimum absolute atomic E-state index is 0.0757. The predicted octanol–water partition coefficient (Wildman–Crippen LogP) is 0.268. The number of halogens is 1. The monoisotopic (exact) mass is 290 g/mol. The van der Waals surface area contributed by atoms with E-state index in [1.807, 2.05) is 0 Å². The van der Waals surface area contributed by atoms with Crippen LogP contribution in [0.25, 0.3) is 11.5 Å². The summed E-state index contributed by atoms with van der Waals surface area (Å²) in [5.41, 5.74) is 0.551. The number of hydrogen-bond acceptors (Lipinski definition) is 5. The van der Waals surface area contributed by atoms with Gasteiger partial charge in [-0.2, -0.15) is 0 Å². The molecule has 8 nitrogen and oxygen atoms in total. The van der Waals surface area contributed by atoms with E-state index in [4.69, 9.17) is 14.5 Å². The van der Waals surface area contributed by atoms with Gasteiger partial charge in [0.2, 0.25) is 0 Å². The largest absolute Gasteiger partial charge is 0.361 e. The molecule has 104 valence electrons. The summed E-state index contributed by atoms with van der Waals surface area (Å²) in [6.07, 6.45) is 2.63. The molecule has 0 bridgehead atoms. The molecule has 2 aliphatic heterocycles. The Morgan fingerprint density at radius 2 is 2.21 bits per heavy atom. The van der Waals surface area contributed by atoms with Crippen LogP contribution in [-0.2, 0) is 15.8 Å². The number of ether oxygens (including phenoxy) is 1. The second kappa shape index (κ2) is 5.70. The van der Waals surface area contributed by atoms with Crippen LogP contribution in [0.4, 0.5) is 4.39 Å². The van der Waals surface area contributed by atoms with Gasteiger partial charge >= 0.3 is 7.60 Å². The Labute approximate surface area is 107 Å². The Kier molecular flexibility index (Phi) is 4.20. The van der Waals surface area contributed by atoms with Gasteiger partial charge in [0.05, 0.1) is 12.9 Å². The van der Waals surface area contributed by atoms with E-state index < -0.39 is 26.7 Å². The van der Waals surface area contributed by atoms with Crippen LogP contribution in [0.5, 0.6) is 0 Å². The SMILES string of the molecule is O=P(O)(O)COC(CF)Cn1cnc2ncnc-2c1. The minimum Gasteiger partial charge on any atom is -0.361 e. The van der Waals surface area contributed by atoms with Crippen LogP contribution in [-0.4, -0.2) is 48.4 Å². The molecule has 2 aliphatic rings. The zero-order valence-electron chi connectivity index (χ0n) is 9.76. The van der Waals surface area contributed by atoms with Crippen LogP contribution in [0.3, 0.4) is 0 Å². The molecule has 0 amide bonds. The van der Waals surface area contributed by atoms with Gasteiger partial charge in [-0.15, -0.1) is 0 Å². The molecule has 0 fully saturated rings. The third-order valence-corrected chi connectivity index (χ3v) is 2.77. The first-order valence-electron chi connectivity index (χ1n) is 5.32. The van der Waals surface area contributed by atoms with E-state index in [0.29, 0.717) is 11.5 Å². The van der Waals surface area contributed by atoms with Gasteiger partial charge in [0.1, 0.15) is 31.1 Å². The van der Waals surface area contributed by atoms with E-state index in [-0.39, 0.29) is 6.54 Å². The van der Waals surface area contributed by atoms with Crippen LogP contribution in [0.2, 0.25) is 0 Å². The third kappa shape index (κ3) is 4.03. The zero-order valence-corrected chi connectivity index (χ0v) is 10.7. The summed E-state index contributed by atoms with van der Waals surface area (Å²) in [4.78, 5) is 29.2. The summed E-state index contributed by atoms with van der Waals surface area (Å²) in [5, 5.41) is 0. The highest BCUT2D eigenvalue weighted by molar-refractivity contribution is 7.51. The molecule has 1 unspecified atom stereocenters. The fraction of sp³-hybridized carbons (Fsp3) is 0.444. The second-order valence-corrected chi connectivity index (χ2v) is 5.48. The highest BCUT2D eigenvalue weighted by Gasteiger charge is 2.18. The van der Waals surface area contributed by atoms with Gasteiger partial charge in [0.25, 0.3) is 0 Å². The molecule has 2 heterocycles. The molecule has 0 spiro atoms. The lowest BCUT2D eigenvalue weighted by atomic mass is 10.3. The normalized spacial score (nSPS) is 13.8. The van der Waals surface area contributed by atoms with Crippen molar-refractivity contribution < 1.29 is 23.5 Å². The number of alkyl halides is 1. The van der Waals surface area contributed by atoms with Crippen molar-refractivity contribution in [1.82, 2.24) is 19.5 Å². The van der Waals surface area contributed by atoms with Gasteiger partial charge in [-0.3, -0.25) is 4.57 Å². The summed E-state index contributed by atoms with van der Waals surface area (Å²) < 4.78 is 29.7. The van der Waals surface area contributed by atoms with Crippen molar-refractivity contribution in [2.24, 2.45) is 0 Å². The van der Waals surface area contributed by atoms with Crippen LogP contribution in [0, 0.1) is 0 Å². The van der Waals surface area contributed by atoms with E-state index >= 15 is 0 Å². The molecule has 19 heavy (non-hydrogen) atoms. The Morgan fingerprint density at radius 1 is 1.42 bits per heavy atom. The fourth-order valence-electron chi connectivity index (χ4n) is 1.46. The van der Waals surface area contributed by atoms with Crippen molar-refractivity contribution in [3.05, 3.63) is 18.9 Å². The van der Waals surface area contributed by atoms with E-state index in [9.17, 15) is 8.96 Å². The molecule has 1 atom stereocenters. The second-order valence-electron chi connectivity index (χ2n) is 3.89. The first kappa shape index (κ1) is 14.0. The van der Waals surface area contributed by atoms with E-state index in [2.05, 4.69) is 15.0 Å². The molecule has 0 saturated carbocycles. The molecular weight excluding hydrogens is 278 g/mol. The van der Waals surface area contributed by atoms with Crippen molar-refractivity contribution in [3.63, 3.8) is 0 Å². The number of nitrogens with zero attached hydrogens (tertiary/aromatic N) is 4. The van der Waals surface area contributed by atoms with Gasteiger partial charge in [-0.25, -0.2) is 19.3 Å². The summed E-state index contributed by atoms with van der Waals surface area (Å²) in [5.74, 6) is 0.476.